The van der Waals surface area contributed by atoms with Crippen LogP contribution in [0.2, 0.25) is 0 Å². The minimum absolute atomic E-state index is 0.488. The van der Waals surface area contributed by atoms with E-state index in [0.717, 1.165) is 24.2 Å². The lowest BCUT2D eigenvalue weighted by Crippen LogP contribution is -2.05. The standard InChI is InChI=1S/C19H24O2/c1-3-14-21-19-11-7-6-10-17(19)18(20)13-12-16-9-5-4-8-15(16)2/h4-11,18,20H,3,12-14H2,1-2H3. The number of aliphatic hydroxyl groups is 1. The van der Waals surface area contributed by atoms with Gasteiger partial charge in [-0.25, -0.2) is 0 Å². The Morgan fingerprint density at radius 2 is 1.76 bits per heavy atom. The highest BCUT2D eigenvalue weighted by atomic mass is 16.5. The Bertz CT molecular complexity index is 563. The van der Waals surface area contributed by atoms with Crippen molar-refractivity contribution in [1.29, 1.82) is 0 Å². The zero-order valence-electron chi connectivity index (χ0n) is 12.9. The molecule has 112 valence electrons. The number of hydrogen-bond donors (Lipinski definition) is 1. The fourth-order valence-electron chi connectivity index (χ4n) is 2.44. The first-order valence-corrected chi connectivity index (χ1v) is 7.66. The Hall–Kier alpha value is -1.80. The Morgan fingerprint density at radius 3 is 2.52 bits per heavy atom. The molecule has 2 heteroatoms. The lowest BCUT2D eigenvalue weighted by molar-refractivity contribution is 0.161. The second-order valence-corrected chi connectivity index (χ2v) is 5.37. The fourth-order valence-corrected chi connectivity index (χ4v) is 2.44. The van der Waals surface area contributed by atoms with Crippen molar-refractivity contribution in [3.05, 3.63) is 65.2 Å². The van der Waals surface area contributed by atoms with Gasteiger partial charge in [-0.15, -0.1) is 0 Å². The van der Waals surface area contributed by atoms with E-state index >= 15 is 0 Å². The summed E-state index contributed by atoms with van der Waals surface area (Å²) >= 11 is 0. The van der Waals surface area contributed by atoms with Gasteiger partial charge >= 0.3 is 0 Å². The van der Waals surface area contributed by atoms with Gasteiger partial charge in [0.15, 0.2) is 0 Å². The highest BCUT2D eigenvalue weighted by Gasteiger charge is 2.13. The molecule has 0 saturated carbocycles. The first kappa shape index (κ1) is 15.6. The summed E-state index contributed by atoms with van der Waals surface area (Å²) in [7, 11) is 0. The molecule has 0 aromatic heterocycles. The van der Waals surface area contributed by atoms with Crippen molar-refractivity contribution < 1.29 is 9.84 Å². The summed E-state index contributed by atoms with van der Waals surface area (Å²) in [6.07, 6.45) is 2.05. The number of ether oxygens (including phenoxy) is 1. The second-order valence-electron chi connectivity index (χ2n) is 5.37. The molecule has 1 atom stereocenters. The lowest BCUT2D eigenvalue weighted by atomic mass is 9.98. The van der Waals surface area contributed by atoms with Crippen molar-refractivity contribution in [1.82, 2.24) is 0 Å². The molecule has 0 spiro atoms. The van der Waals surface area contributed by atoms with E-state index in [2.05, 4.69) is 26.0 Å². The van der Waals surface area contributed by atoms with E-state index < -0.39 is 6.10 Å². The van der Waals surface area contributed by atoms with Gasteiger partial charge in [0.1, 0.15) is 5.75 Å². The van der Waals surface area contributed by atoms with E-state index in [1.165, 1.54) is 11.1 Å². The molecular weight excluding hydrogens is 260 g/mol. The third kappa shape index (κ3) is 4.33. The first-order valence-electron chi connectivity index (χ1n) is 7.66. The summed E-state index contributed by atoms with van der Waals surface area (Å²) in [4.78, 5) is 0. The van der Waals surface area contributed by atoms with Gasteiger partial charge in [0, 0.05) is 5.56 Å². The molecule has 0 saturated heterocycles. The first-order chi connectivity index (χ1) is 10.2. The Morgan fingerprint density at radius 1 is 1.05 bits per heavy atom. The van der Waals surface area contributed by atoms with E-state index in [4.69, 9.17) is 4.74 Å². The van der Waals surface area contributed by atoms with Crippen LogP contribution in [0.4, 0.5) is 0 Å². The molecule has 2 aromatic rings. The summed E-state index contributed by atoms with van der Waals surface area (Å²) in [5, 5.41) is 10.5. The van der Waals surface area contributed by atoms with Crippen molar-refractivity contribution in [2.45, 2.75) is 39.2 Å². The van der Waals surface area contributed by atoms with E-state index in [-0.39, 0.29) is 0 Å². The van der Waals surface area contributed by atoms with Crippen LogP contribution in [0.5, 0.6) is 5.75 Å². The summed E-state index contributed by atoms with van der Waals surface area (Å²) in [5.41, 5.74) is 3.46. The van der Waals surface area contributed by atoms with Gasteiger partial charge in [0.05, 0.1) is 12.7 Å². The van der Waals surface area contributed by atoms with Gasteiger partial charge < -0.3 is 9.84 Å². The van der Waals surface area contributed by atoms with Crippen molar-refractivity contribution in [2.75, 3.05) is 6.61 Å². The maximum atomic E-state index is 10.5. The molecule has 0 heterocycles. The van der Waals surface area contributed by atoms with Crippen LogP contribution in [-0.4, -0.2) is 11.7 Å². The van der Waals surface area contributed by atoms with Crippen LogP contribution in [0.3, 0.4) is 0 Å². The molecular formula is C19H24O2. The van der Waals surface area contributed by atoms with Crippen molar-refractivity contribution in [3.8, 4) is 5.75 Å². The summed E-state index contributed by atoms with van der Waals surface area (Å²) < 4.78 is 5.72. The average molecular weight is 284 g/mol. The highest BCUT2D eigenvalue weighted by Crippen LogP contribution is 2.28. The topological polar surface area (TPSA) is 29.5 Å². The fraction of sp³-hybridized carbons (Fsp3) is 0.368. The minimum atomic E-state index is -0.488. The van der Waals surface area contributed by atoms with E-state index in [0.29, 0.717) is 13.0 Å². The SMILES string of the molecule is CCCOc1ccccc1C(O)CCc1ccccc1C. The van der Waals surface area contributed by atoms with Crippen molar-refractivity contribution >= 4 is 0 Å². The minimum Gasteiger partial charge on any atom is -0.493 e. The van der Waals surface area contributed by atoms with Gasteiger partial charge in [0.25, 0.3) is 0 Å². The normalized spacial score (nSPS) is 12.1. The van der Waals surface area contributed by atoms with Crippen LogP contribution in [0.15, 0.2) is 48.5 Å². The number of para-hydroxylation sites is 1. The van der Waals surface area contributed by atoms with Gasteiger partial charge in [-0.1, -0.05) is 49.4 Å². The monoisotopic (exact) mass is 284 g/mol. The van der Waals surface area contributed by atoms with E-state index in [1.54, 1.807) is 0 Å². The Kier molecular flexibility index (Phi) is 5.82. The molecule has 1 N–H and O–H groups in total. The van der Waals surface area contributed by atoms with Gasteiger partial charge in [0.2, 0.25) is 0 Å². The molecule has 0 aliphatic carbocycles. The largest absolute Gasteiger partial charge is 0.493 e. The van der Waals surface area contributed by atoms with E-state index in [9.17, 15) is 5.11 Å². The third-order valence-corrected chi connectivity index (χ3v) is 3.69. The summed E-state index contributed by atoms with van der Waals surface area (Å²) in [6, 6.07) is 16.1. The molecule has 2 nitrogen and oxygen atoms in total. The Labute approximate surface area is 127 Å². The molecule has 1 unspecified atom stereocenters. The molecule has 21 heavy (non-hydrogen) atoms. The van der Waals surface area contributed by atoms with Crippen LogP contribution in [0, 0.1) is 6.92 Å². The van der Waals surface area contributed by atoms with Crippen LogP contribution in [-0.2, 0) is 6.42 Å². The molecule has 0 fully saturated rings. The summed E-state index contributed by atoms with van der Waals surface area (Å²) in [6.45, 7) is 4.87. The quantitative estimate of drug-likeness (QED) is 0.814. The summed E-state index contributed by atoms with van der Waals surface area (Å²) in [5.74, 6) is 0.802. The maximum Gasteiger partial charge on any atom is 0.125 e. The molecule has 0 amide bonds. The number of aliphatic hydroxyl groups excluding tert-OH is 1. The zero-order valence-corrected chi connectivity index (χ0v) is 12.9. The lowest BCUT2D eigenvalue weighted by Gasteiger charge is -2.16. The smallest absolute Gasteiger partial charge is 0.125 e. The number of aryl methyl sites for hydroxylation is 2. The van der Waals surface area contributed by atoms with Gasteiger partial charge in [-0.2, -0.15) is 0 Å². The number of benzene rings is 2. The van der Waals surface area contributed by atoms with Crippen molar-refractivity contribution in [3.63, 3.8) is 0 Å². The van der Waals surface area contributed by atoms with Crippen LogP contribution >= 0.6 is 0 Å². The number of hydrogen-bond acceptors (Lipinski definition) is 2. The average Bonchev–Trinajstić information content (AvgIpc) is 2.52. The van der Waals surface area contributed by atoms with Crippen LogP contribution in [0.25, 0.3) is 0 Å². The predicted octanol–water partition coefficient (Wildman–Crippen LogP) is 4.45. The van der Waals surface area contributed by atoms with Crippen LogP contribution in [0.1, 0.15) is 42.6 Å². The molecule has 0 radical (unpaired) electrons. The zero-order chi connectivity index (χ0) is 15.1. The highest BCUT2D eigenvalue weighted by molar-refractivity contribution is 5.35. The number of rotatable bonds is 7. The predicted molar refractivity (Wildman–Crippen MR) is 86.7 cm³/mol. The Balaban J connectivity index is 2.03. The molecule has 0 aliphatic rings. The third-order valence-electron chi connectivity index (χ3n) is 3.69. The van der Waals surface area contributed by atoms with Crippen LogP contribution < -0.4 is 4.74 Å². The maximum absolute atomic E-state index is 10.5. The molecule has 2 aromatic carbocycles. The molecule has 0 aliphatic heterocycles. The second kappa shape index (κ2) is 7.84. The molecule has 2 rings (SSSR count). The molecule has 0 bridgehead atoms. The van der Waals surface area contributed by atoms with Gasteiger partial charge in [-0.3, -0.25) is 0 Å². The van der Waals surface area contributed by atoms with Crippen molar-refractivity contribution in [2.24, 2.45) is 0 Å². The van der Waals surface area contributed by atoms with Gasteiger partial charge in [-0.05, 0) is 43.4 Å². The van der Waals surface area contributed by atoms with E-state index in [1.807, 2.05) is 36.4 Å².